The highest BCUT2D eigenvalue weighted by molar-refractivity contribution is 5.75. The molecular weight excluding hydrogens is 310 g/mol. The van der Waals surface area contributed by atoms with E-state index in [1.165, 1.54) is 6.92 Å². The molecule has 136 valence electrons. The quantitative estimate of drug-likeness (QED) is 0.306. The third-order valence-corrected chi connectivity index (χ3v) is 3.33. The molecule has 0 spiro atoms. The lowest BCUT2D eigenvalue weighted by Gasteiger charge is -2.40. The lowest BCUT2D eigenvalue weighted by Crippen LogP contribution is -2.59. The van der Waals surface area contributed by atoms with Crippen molar-refractivity contribution in [2.24, 2.45) is 0 Å². The average Bonchev–Trinajstić information content (AvgIpc) is 2.34. The van der Waals surface area contributed by atoms with Crippen molar-refractivity contribution in [3.8, 4) is 0 Å². The van der Waals surface area contributed by atoms with Crippen molar-refractivity contribution in [2.45, 2.75) is 43.7 Å². The van der Waals surface area contributed by atoms with Gasteiger partial charge in [-0.3, -0.25) is 4.79 Å². The minimum atomic E-state index is -2.25. The number of rotatable bonds is 4. The van der Waals surface area contributed by atoms with E-state index in [9.17, 15) is 19.8 Å². The molecule has 0 aromatic heterocycles. The summed E-state index contributed by atoms with van der Waals surface area (Å²) in [4.78, 5) is 20.7. The van der Waals surface area contributed by atoms with E-state index in [4.69, 9.17) is 20.1 Å². The Morgan fingerprint density at radius 1 is 1.17 bits per heavy atom. The highest BCUT2D eigenvalue weighted by Gasteiger charge is 2.44. The molecule has 4 N–H and O–H groups in total. The molecule has 0 aliphatic heterocycles. The van der Waals surface area contributed by atoms with Crippen molar-refractivity contribution < 1.29 is 44.3 Å². The lowest BCUT2D eigenvalue weighted by molar-refractivity contribution is -0.870. The number of nitrogens with zero attached hydrogens (tertiary/aromatic N) is 1. The Balaban J connectivity index is 0.000000438. The second kappa shape index (κ2) is 8.55. The molecule has 1 saturated carbocycles. The monoisotopic (exact) mass is 337 g/mol. The lowest BCUT2D eigenvalue weighted by atomic mass is 9.80. The van der Waals surface area contributed by atoms with Crippen LogP contribution in [-0.2, 0) is 14.3 Å². The summed E-state index contributed by atoms with van der Waals surface area (Å²) < 4.78 is 5.59. The summed E-state index contributed by atoms with van der Waals surface area (Å²) in [6.45, 7) is 2.80. The maximum atomic E-state index is 10.4. The maximum absolute atomic E-state index is 10.4. The summed E-state index contributed by atoms with van der Waals surface area (Å²) >= 11 is 0. The Labute approximate surface area is 135 Å². The Hall–Kier alpha value is -1.26. The number of likely N-dealkylation sites (N-methyl/N-ethyl adjacent to an activating group) is 1. The van der Waals surface area contributed by atoms with Gasteiger partial charge in [0.25, 0.3) is 0 Å². The van der Waals surface area contributed by atoms with Gasteiger partial charge < -0.3 is 39.5 Å². The zero-order chi connectivity index (χ0) is 18.4. The van der Waals surface area contributed by atoms with Crippen LogP contribution in [0.2, 0.25) is 0 Å². The number of hydrogen-bond acceptors (Lipinski definition) is 8. The van der Waals surface area contributed by atoms with Crippen molar-refractivity contribution in [3.05, 3.63) is 0 Å². The predicted octanol–water partition coefficient (Wildman–Crippen LogP) is -3.40. The molecule has 0 aromatic rings. The smallest absolute Gasteiger partial charge is 0.302 e. The van der Waals surface area contributed by atoms with E-state index in [1.54, 1.807) is 0 Å². The number of carbonyl (C=O) groups excluding carboxylic acids is 2. The highest BCUT2D eigenvalue weighted by Crippen LogP contribution is 2.28. The van der Waals surface area contributed by atoms with Gasteiger partial charge in [0, 0.05) is 19.8 Å². The van der Waals surface area contributed by atoms with E-state index in [0.717, 1.165) is 11.0 Å². The summed E-state index contributed by atoms with van der Waals surface area (Å²) in [6.07, 6.45) is -5.39. The van der Waals surface area contributed by atoms with E-state index in [-0.39, 0.29) is 5.97 Å². The van der Waals surface area contributed by atoms with Gasteiger partial charge in [-0.05, 0) is 0 Å². The molecule has 0 heterocycles. The molecule has 0 bridgehead atoms. The molecule has 0 unspecified atom stereocenters. The van der Waals surface area contributed by atoms with E-state index in [2.05, 4.69) is 21.1 Å². The van der Waals surface area contributed by atoms with Crippen LogP contribution in [0.15, 0.2) is 0 Å². The number of quaternary nitrogens is 1. The van der Waals surface area contributed by atoms with Gasteiger partial charge >= 0.3 is 5.97 Å². The average molecular weight is 337 g/mol. The normalized spacial score (nSPS) is 30.9. The molecule has 1 aliphatic rings. The van der Waals surface area contributed by atoms with Crippen LogP contribution in [0.3, 0.4) is 0 Å². The van der Waals surface area contributed by atoms with Gasteiger partial charge in [-0.25, -0.2) is 0 Å². The first kappa shape index (κ1) is 21.7. The van der Waals surface area contributed by atoms with Gasteiger partial charge in [-0.1, -0.05) is 0 Å². The van der Waals surface area contributed by atoms with Crippen molar-refractivity contribution >= 4 is 11.9 Å². The Morgan fingerprint density at radius 2 is 1.61 bits per heavy atom. The predicted molar refractivity (Wildman–Crippen MR) is 76.7 cm³/mol. The topological polar surface area (TPSA) is 147 Å². The molecule has 9 nitrogen and oxygen atoms in total. The number of aliphatic carboxylic acids is 1. The fourth-order valence-electron chi connectivity index (χ4n) is 1.90. The first-order chi connectivity index (χ1) is 10.3. The van der Waals surface area contributed by atoms with Crippen LogP contribution in [0.25, 0.3) is 0 Å². The van der Waals surface area contributed by atoms with Crippen LogP contribution in [-0.4, -0.2) is 95.1 Å². The zero-order valence-electron chi connectivity index (χ0n) is 13.9. The molecule has 0 amide bonds. The minimum absolute atomic E-state index is 0.201. The van der Waals surface area contributed by atoms with Gasteiger partial charge in [-0.15, -0.1) is 0 Å². The Bertz CT molecular complexity index is 394. The second-order valence-electron chi connectivity index (χ2n) is 6.71. The second-order valence-corrected chi connectivity index (χ2v) is 6.71. The van der Waals surface area contributed by atoms with Crippen LogP contribution in [0.4, 0.5) is 0 Å². The molecule has 0 aromatic carbocycles. The number of hydrogen-bond donors (Lipinski definition) is 4. The summed E-state index contributed by atoms with van der Waals surface area (Å²) in [6, 6.07) is 0. The van der Waals surface area contributed by atoms with E-state index in [0.29, 0.717) is 6.61 Å². The molecule has 1 rings (SSSR count). The summed E-state index contributed by atoms with van der Waals surface area (Å²) in [5.74, 6) is -1.95. The Kier molecular flexibility index (Phi) is 8.08. The molecule has 0 saturated heterocycles. The van der Waals surface area contributed by atoms with Crippen molar-refractivity contribution in [1.29, 1.82) is 0 Å². The number of carbonyl (C=O) groups is 2. The van der Waals surface area contributed by atoms with E-state index < -0.39 is 42.7 Å². The van der Waals surface area contributed by atoms with E-state index >= 15 is 0 Å². The molecule has 1 aliphatic carbocycles. The molecule has 23 heavy (non-hydrogen) atoms. The number of aliphatic hydroxyl groups is 4. The number of ether oxygens (including phenoxy) is 1. The third kappa shape index (κ3) is 8.24. The molecule has 0 radical (unpaired) electrons. The van der Waals surface area contributed by atoms with E-state index in [1.807, 2.05) is 0 Å². The highest BCUT2D eigenvalue weighted by atomic mass is 16.5. The van der Waals surface area contributed by atoms with Gasteiger partial charge in [0.15, 0.2) is 0 Å². The standard InChI is InChI=1S/C7H16NO2.C7H12O6/c1-7(9)10-6-5-8(2,3)4;8-3-1-7(13,6(11)12)2-4(9)5(3)10/h5-6H2,1-4H3;3-5,8-10,13H,1-2H2,(H,11,12)/q+1;/p-1/t;3-,4-,5?,7?/m.1/s1. The van der Waals surface area contributed by atoms with Gasteiger partial charge in [0.2, 0.25) is 0 Å². The SMILES string of the molecule is CC(=O)OCC[N+](C)(C)C.O=C([O-])C1(O)C[C@@H](O)C(O)[C@H](O)C1. The maximum Gasteiger partial charge on any atom is 0.302 e. The van der Waals surface area contributed by atoms with Crippen LogP contribution in [0.1, 0.15) is 19.8 Å². The van der Waals surface area contributed by atoms with Crippen molar-refractivity contribution in [2.75, 3.05) is 34.3 Å². The number of carboxylic acid groups (broad SMARTS) is 1. The summed E-state index contributed by atoms with van der Waals surface area (Å²) in [5, 5.41) is 46.9. The van der Waals surface area contributed by atoms with Crippen LogP contribution in [0.5, 0.6) is 0 Å². The van der Waals surface area contributed by atoms with Crippen molar-refractivity contribution in [3.63, 3.8) is 0 Å². The fourth-order valence-corrected chi connectivity index (χ4v) is 1.90. The van der Waals surface area contributed by atoms with Crippen LogP contribution < -0.4 is 5.11 Å². The molecule has 2 atom stereocenters. The van der Waals surface area contributed by atoms with Crippen LogP contribution in [0, 0.1) is 0 Å². The van der Waals surface area contributed by atoms with Gasteiger partial charge in [0.05, 0.1) is 39.3 Å². The molecule has 1 fully saturated rings. The van der Waals surface area contributed by atoms with Crippen molar-refractivity contribution in [1.82, 2.24) is 0 Å². The first-order valence-electron chi connectivity index (χ1n) is 7.20. The molecule has 9 heteroatoms. The fraction of sp³-hybridized carbons (Fsp3) is 0.857. The number of carboxylic acids is 1. The largest absolute Gasteiger partial charge is 0.547 e. The number of aliphatic hydroxyl groups excluding tert-OH is 3. The summed E-state index contributed by atoms with van der Waals surface area (Å²) in [7, 11) is 6.18. The Morgan fingerprint density at radius 3 is 1.91 bits per heavy atom. The zero-order valence-corrected chi connectivity index (χ0v) is 13.9. The number of esters is 1. The first-order valence-corrected chi connectivity index (χ1v) is 7.20. The third-order valence-electron chi connectivity index (χ3n) is 3.33. The van der Waals surface area contributed by atoms with Crippen LogP contribution >= 0.6 is 0 Å². The summed E-state index contributed by atoms with van der Waals surface area (Å²) in [5.41, 5.74) is -2.25. The minimum Gasteiger partial charge on any atom is -0.547 e. The van der Waals surface area contributed by atoms with Gasteiger partial charge in [-0.2, -0.15) is 0 Å². The molecular formula is C14H27NO8. The van der Waals surface area contributed by atoms with Gasteiger partial charge in [0.1, 0.15) is 24.9 Å².